The molecule has 0 saturated heterocycles. The Balaban J connectivity index is 1.68. The molecule has 0 aliphatic heterocycles. The van der Waals surface area contributed by atoms with E-state index in [0.717, 1.165) is 43.8 Å². The van der Waals surface area contributed by atoms with Crippen LogP contribution in [0.2, 0.25) is 0 Å². The molecule has 3 aromatic carbocycles. The molecule has 0 atom stereocenters. The summed E-state index contributed by atoms with van der Waals surface area (Å²) in [6.45, 7) is 0. The summed E-state index contributed by atoms with van der Waals surface area (Å²) in [6, 6.07) is 24.9. The van der Waals surface area contributed by atoms with Gasteiger partial charge in [0.15, 0.2) is 0 Å². The molecular formula is C22H13N3OS. The Morgan fingerprint density at radius 1 is 0.815 bits per heavy atom. The van der Waals surface area contributed by atoms with E-state index in [0.29, 0.717) is 0 Å². The molecule has 0 saturated carbocycles. The number of benzene rings is 3. The number of fused-ring (bicyclic) bond motifs is 3. The zero-order chi connectivity index (χ0) is 17.8. The molecule has 6 rings (SSSR count). The number of aromatic nitrogens is 3. The van der Waals surface area contributed by atoms with Gasteiger partial charge in [0.1, 0.15) is 22.4 Å². The molecule has 0 amide bonds. The van der Waals surface area contributed by atoms with E-state index in [2.05, 4.69) is 63.9 Å². The summed E-state index contributed by atoms with van der Waals surface area (Å²) in [5.41, 5.74) is 4.68. The molecule has 0 bridgehead atoms. The van der Waals surface area contributed by atoms with Crippen LogP contribution in [0.4, 0.5) is 0 Å². The maximum absolute atomic E-state index is 6.16. The van der Waals surface area contributed by atoms with Crippen molar-refractivity contribution in [2.75, 3.05) is 0 Å². The predicted molar refractivity (Wildman–Crippen MR) is 110 cm³/mol. The predicted octanol–water partition coefficient (Wildman–Crippen LogP) is 6.25. The fraction of sp³-hybridized carbons (Fsp3) is 0. The Hall–Kier alpha value is -3.44. The molecule has 27 heavy (non-hydrogen) atoms. The number of hydrogen-bond acceptors (Lipinski definition) is 4. The van der Waals surface area contributed by atoms with Gasteiger partial charge in [0, 0.05) is 26.1 Å². The summed E-state index contributed by atoms with van der Waals surface area (Å²) >= 11 is 1.76. The molecule has 5 heteroatoms. The van der Waals surface area contributed by atoms with Crippen LogP contribution < -0.4 is 0 Å². The molecule has 0 aliphatic carbocycles. The van der Waals surface area contributed by atoms with Gasteiger partial charge in [-0.3, -0.25) is 0 Å². The molecule has 3 heterocycles. The van der Waals surface area contributed by atoms with Crippen LogP contribution in [0.25, 0.3) is 53.9 Å². The Kier molecular flexibility index (Phi) is 3.01. The Bertz CT molecular complexity index is 1370. The number of hydrogen-bond donors (Lipinski definition) is 1. The molecule has 0 fully saturated rings. The van der Waals surface area contributed by atoms with E-state index in [9.17, 15) is 0 Å². The third-order valence-electron chi connectivity index (χ3n) is 4.85. The Morgan fingerprint density at radius 3 is 2.56 bits per heavy atom. The van der Waals surface area contributed by atoms with E-state index in [4.69, 9.17) is 4.42 Å². The third kappa shape index (κ3) is 2.22. The number of thiophene rings is 1. The maximum atomic E-state index is 6.16. The average molecular weight is 367 g/mol. The topological polar surface area (TPSA) is 54.7 Å². The zero-order valence-electron chi connectivity index (χ0n) is 14.1. The summed E-state index contributed by atoms with van der Waals surface area (Å²) in [5.74, 6) is 0.841. The number of H-pyrrole nitrogens is 1. The zero-order valence-corrected chi connectivity index (χ0v) is 15.0. The van der Waals surface area contributed by atoms with Gasteiger partial charge in [-0.25, -0.2) is 0 Å². The molecule has 0 spiro atoms. The standard InChI is InChI=1S/C22H13N3OS/c1-3-7-17-13(5-1)11-18(26-17)15-9-10-16-22(24-25-23-16)21(15)20-12-14-6-2-4-8-19(14)27-20/h1-12H,(H,23,24,25). The highest BCUT2D eigenvalue weighted by atomic mass is 32.1. The van der Waals surface area contributed by atoms with Gasteiger partial charge in [-0.1, -0.05) is 36.4 Å². The maximum Gasteiger partial charge on any atom is 0.136 e. The molecule has 0 radical (unpaired) electrons. The summed E-state index contributed by atoms with van der Waals surface area (Å²) in [4.78, 5) is 1.16. The number of nitrogens with one attached hydrogen (secondary N) is 1. The second-order valence-electron chi connectivity index (χ2n) is 6.48. The van der Waals surface area contributed by atoms with Crippen molar-refractivity contribution in [2.45, 2.75) is 0 Å². The first-order valence-electron chi connectivity index (χ1n) is 8.68. The highest BCUT2D eigenvalue weighted by molar-refractivity contribution is 7.22. The van der Waals surface area contributed by atoms with Crippen LogP contribution in [0, 0.1) is 0 Å². The summed E-state index contributed by atoms with van der Waals surface area (Å²) < 4.78 is 7.42. The lowest BCUT2D eigenvalue weighted by molar-refractivity contribution is 0.632. The van der Waals surface area contributed by atoms with Gasteiger partial charge in [-0.2, -0.15) is 15.4 Å². The van der Waals surface area contributed by atoms with Crippen LogP contribution in [0.15, 0.2) is 77.2 Å². The molecule has 4 nitrogen and oxygen atoms in total. The van der Waals surface area contributed by atoms with Gasteiger partial charge in [0.05, 0.1) is 0 Å². The van der Waals surface area contributed by atoms with Crippen LogP contribution >= 0.6 is 11.3 Å². The van der Waals surface area contributed by atoms with Crippen molar-refractivity contribution < 1.29 is 4.42 Å². The van der Waals surface area contributed by atoms with Crippen LogP contribution in [0.3, 0.4) is 0 Å². The number of nitrogens with zero attached hydrogens (tertiary/aromatic N) is 2. The number of furan rings is 1. The van der Waals surface area contributed by atoms with E-state index in [1.807, 2.05) is 24.3 Å². The van der Waals surface area contributed by atoms with Crippen molar-refractivity contribution in [2.24, 2.45) is 0 Å². The molecule has 0 aliphatic rings. The smallest absolute Gasteiger partial charge is 0.136 e. The highest BCUT2D eigenvalue weighted by Crippen LogP contribution is 2.43. The number of rotatable bonds is 2. The molecular weight excluding hydrogens is 354 g/mol. The number of para-hydroxylation sites is 1. The van der Waals surface area contributed by atoms with Crippen molar-refractivity contribution in [3.05, 3.63) is 72.8 Å². The molecule has 1 N–H and O–H groups in total. The monoisotopic (exact) mass is 367 g/mol. The van der Waals surface area contributed by atoms with Crippen molar-refractivity contribution in [3.63, 3.8) is 0 Å². The summed E-state index contributed by atoms with van der Waals surface area (Å²) in [7, 11) is 0. The second-order valence-corrected chi connectivity index (χ2v) is 7.56. The quantitative estimate of drug-likeness (QED) is 0.393. The van der Waals surface area contributed by atoms with Crippen LogP contribution in [-0.4, -0.2) is 15.4 Å². The van der Waals surface area contributed by atoms with Gasteiger partial charge in [-0.05, 0) is 41.8 Å². The molecule has 0 unspecified atom stereocenters. The first-order chi connectivity index (χ1) is 13.4. The largest absolute Gasteiger partial charge is 0.456 e. The third-order valence-corrected chi connectivity index (χ3v) is 5.99. The lowest BCUT2D eigenvalue weighted by Gasteiger charge is -2.06. The molecule has 3 aromatic heterocycles. The van der Waals surface area contributed by atoms with Crippen molar-refractivity contribution >= 4 is 43.4 Å². The van der Waals surface area contributed by atoms with Gasteiger partial charge in [0.2, 0.25) is 0 Å². The first-order valence-corrected chi connectivity index (χ1v) is 9.50. The van der Waals surface area contributed by atoms with E-state index >= 15 is 0 Å². The van der Waals surface area contributed by atoms with E-state index in [1.165, 1.54) is 10.1 Å². The Labute approximate surface area is 158 Å². The fourth-order valence-electron chi connectivity index (χ4n) is 3.59. The van der Waals surface area contributed by atoms with Crippen LogP contribution in [0.5, 0.6) is 0 Å². The SMILES string of the molecule is c1ccc2oc(-c3ccc4n[nH]nc4c3-c3cc4ccccc4s3)cc2c1. The lowest BCUT2D eigenvalue weighted by atomic mass is 10.0. The van der Waals surface area contributed by atoms with E-state index < -0.39 is 0 Å². The van der Waals surface area contributed by atoms with Gasteiger partial charge in [-0.15, -0.1) is 11.3 Å². The minimum atomic E-state index is 0.841. The highest BCUT2D eigenvalue weighted by Gasteiger charge is 2.19. The molecule has 6 aromatic rings. The van der Waals surface area contributed by atoms with Crippen molar-refractivity contribution in [1.29, 1.82) is 0 Å². The number of aromatic amines is 1. The van der Waals surface area contributed by atoms with Gasteiger partial charge in [0.25, 0.3) is 0 Å². The van der Waals surface area contributed by atoms with Gasteiger partial charge >= 0.3 is 0 Å². The first kappa shape index (κ1) is 14.7. The van der Waals surface area contributed by atoms with E-state index in [-0.39, 0.29) is 0 Å². The minimum absolute atomic E-state index is 0.841. The van der Waals surface area contributed by atoms with Crippen LogP contribution in [-0.2, 0) is 0 Å². The molecule has 128 valence electrons. The normalized spacial score (nSPS) is 11.7. The summed E-state index contributed by atoms with van der Waals surface area (Å²) in [5, 5.41) is 13.8. The summed E-state index contributed by atoms with van der Waals surface area (Å²) in [6.07, 6.45) is 0. The lowest BCUT2D eigenvalue weighted by Crippen LogP contribution is -1.84. The minimum Gasteiger partial charge on any atom is -0.456 e. The van der Waals surface area contributed by atoms with Crippen LogP contribution in [0.1, 0.15) is 0 Å². The van der Waals surface area contributed by atoms with Crippen molar-refractivity contribution in [3.8, 4) is 21.8 Å². The van der Waals surface area contributed by atoms with Crippen molar-refractivity contribution in [1.82, 2.24) is 15.4 Å². The Morgan fingerprint density at radius 2 is 1.67 bits per heavy atom. The second kappa shape index (κ2) is 5.53. The average Bonchev–Trinajstić information content (AvgIpc) is 3.43. The van der Waals surface area contributed by atoms with Gasteiger partial charge < -0.3 is 4.42 Å². The fourth-order valence-corrected chi connectivity index (χ4v) is 4.71. The van der Waals surface area contributed by atoms with E-state index in [1.54, 1.807) is 11.3 Å².